The van der Waals surface area contributed by atoms with Crippen LogP contribution in [0.15, 0.2) is 18.2 Å². The second-order valence-electron chi connectivity index (χ2n) is 12.0. The Kier molecular flexibility index (Phi) is 14.1. The molecule has 0 aliphatic rings. The Bertz CT molecular complexity index is 1320. The van der Waals surface area contributed by atoms with E-state index in [0.29, 0.717) is 39.4 Å². The highest BCUT2D eigenvalue weighted by Crippen LogP contribution is 2.34. The number of halogens is 2. The van der Waals surface area contributed by atoms with E-state index < -0.39 is 6.09 Å². The number of ether oxygens (including phenoxy) is 2. The molecule has 1 amide bonds. The largest absolute Gasteiger partial charge is 0.466 e. The molecule has 3 rings (SSSR count). The zero-order chi connectivity index (χ0) is 31.2. The molecule has 0 saturated carbocycles. The first-order valence-electron chi connectivity index (χ1n) is 15.6. The molecule has 0 bridgehead atoms. The highest BCUT2D eigenvalue weighted by Gasteiger charge is 2.26. The van der Waals surface area contributed by atoms with Crippen LogP contribution in [0.4, 0.5) is 10.5 Å². The number of nitrogens with one attached hydrogen (secondary N) is 2. The number of nitrogens with zero attached hydrogens (tertiary/aromatic N) is 3. The predicted octanol–water partition coefficient (Wildman–Crippen LogP) is 9.51. The first kappa shape index (κ1) is 34.7. The summed E-state index contributed by atoms with van der Waals surface area (Å²) in [5, 5.41) is 12.6. The minimum atomic E-state index is -0.707. The summed E-state index contributed by atoms with van der Waals surface area (Å²) in [6.07, 6.45) is 14.3. The van der Waals surface area contributed by atoms with Crippen LogP contribution >= 0.6 is 23.2 Å². The number of aromatic amines is 1. The van der Waals surface area contributed by atoms with E-state index in [1.165, 1.54) is 68.8 Å². The van der Waals surface area contributed by atoms with E-state index in [2.05, 4.69) is 27.4 Å². The van der Waals surface area contributed by atoms with Gasteiger partial charge in [0.2, 0.25) is 0 Å². The molecule has 43 heavy (non-hydrogen) atoms. The SMILES string of the molecule is CCCCCCCCCCCCCCOC(=O)CCOC(=O)Nc1ccc(Cl)cc1-c1nn2nc(C(C)(C)C)c(Cl)c2[nH]1. The summed E-state index contributed by atoms with van der Waals surface area (Å²) >= 11 is 12.8. The Morgan fingerprint density at radius 2 is 1.51 bits per heavy atom. The van der Waals surface area contributed by atoms with Crippen molar-refractivity contribution < 1.29 is 19.1 Å². The average Bonchev–Trinajstić information content (AvgIpc) is 3.51. The van der Waals surface area contributed by atoms with Crippen LogP contribution in [0.1, 0.15) is 117 Å². The molecule has 0 aliphatic heterocycles. The van der Waals surface area contributed by atoms with Gasteiger partial charge in [-0.15, -0.1) is 9.73 Å². The molecule has 238 valence electrons. The van der Waals surface area contributed by atoms with Crippen LogP contribution in [0.3, 0.4) is 0 Å². The topological polar surface area (TPSA) is 111 Å². The third-order valence-corrected chi connectivity index (χ3v) is 7.82. The molecule has 0 saturated heterocycles. The van der Waals surface area contributed by atoms with Crippen LogP contribution in [0, 0.1) is 0 Å². The van der Waals surface area contributed by atoms with Gasteiger partial charge in [-0.1, -0.05) is 122 Å². The average molecular weight is 637 g/mol. The van der Waals surface area contributed by atoms with Gasteiger partial charge in [0.1, 0.15) is 11.6 Å². The summed E-state index contributed by atoms with van der Waals surface area (Å²) in [6.45, 7) is 8.61. The lowest BCUT2D eigenvalue weighted by Crippen LogP contribution is -2.17. The number of aromatic nitrogens is 4. The Labute approximate surface area is 265 Å². The zero-order valence-electron chi connectivity index (χ0n) is 26.1. The molecule has 9 nitrogen and oxygen atoms in total. The molecule has 0 atom stereocenters. The number of amides is 1. The molecule has 1 aromatic carbocycles. The first-order valence-corrected chi connectivity index (χ1v) is 16.4. The van der Waals surface area contributed by atoms with E-state index in [1.807, 2.05) is 20.8 Å². The number of esters is 1. The predicted molar refractivity (Wildman–Crippen MR) is 173 cm³/mol. The van der Waals surface area contributed by atoms with Crippen molar-refractivity contribution >= 4 is 46.6 Å². The summed E-state index contributed by atoms with van der Waals surface area (Å²) in [7, 11) is 0. The van der Waals surface area contributed by atoms with Crippen molar-refractivity contribution in [3.05, 3.63) is 33.9 Å². The number of rotatable bonds is 18. The number of carbonyl (C=O) groups excluding carboxylic acids is 2. The second-order valence-corrected chi connectivity index (χ2v) is 12.8. The Balaban J connectivity index is 1.35. The molecule has 11 heteroatoms. The molecule has 0 aliphatic carbocycles. The molecule has 0 spiro atoms. The number of benzene rings is 1. The Morgan fingerprint density at radius 3 is 2.12 bits per heavy atom. The molecule has 3 aromatic rings. The van der Waals surface area contributed by atoms with Gasteiger partial charge >= 0.3 is 12.1 Å². The minimum absolute atomic E-state index is 0.0108. The standard InChI is InChI=1S/C32H47Cl2N5O4/c1-5-6-7-8-9-10-11-12-13-14-15-16-20-42-26(40)19-21-43-31(41)35-25-18-17-23(33)22-24(25)29-36-30-27(34)28(32(2,3)4)37-39(30)38-29/h17-18,22H,5-16,19-21H2,1-4H3,(H,35,41)(H,36,38). The van der Waals surface area contributed by atoms with Crippen LogP contribution < -0.4 is 5.32 Å². The summed E-state index contributed by atoms with van der Waals surface area (Å²) in [5.74, 6) is 0.0394. The van der Waals surface area contributed by atoms with Crippen molar-refractivity contribution in [1.29, 1.82) is 0 Å². The lowest BCUT2D eigenvalue weighted by Gasteiger charge is -2.14. The van der Waals surface area contributed by atoms with Crippen LogP contribution in [0.5, 0.6) is 0 Å². The fourth-order valence-corrected chi connectivity index (χ4v) is 5.41. The highest BCUT2D eigenvalue weighted by molar-refractivity contribution is 6.34. The maximum absolute atomic E-state index is 12.5. The number of hydrogen-bond acceptors (Lipinski definition) is 6. The molecule has 2 N–H and O–H groups in total. The summed E-state index contributed by atoms with van der Waals surface area (Å²) in [6, 6.07) is 4.96. The van der Waals surface area contributed by atoms with Crippen molar-refractivity contribution in [2.45, 2.75) is 117 Å². The summed E-state index contributed by atoms with van der Waals surface area (Å²) in [4.78, 5) is 27.7. The number of carbonyl (C=O) groups is 2. The monoisotopic (exact) mass is 635 g/mol. The van der Waals surface area contributed by atoms with Crippen molar-refractivity contribution in [1.82, 2.24) is 19.8 Å². The maximum Gasteiger partial charge on any atom is 0.411 e. The Hall–Kier alpha value is -2.78. The highest BCUT2D eigenvalue weighted by atomic mass is 35.5. The van der Waals surface area contributed by atoms with Gasteiger partial charge < -0.3 is 14.5 Å². The molecule has 2 heterocycles. The second kappa shape index (κ2) is 17.5. The Morgan fingerprint density at radius 1 is 0.884 bits per heavy atom. The van der Waals surface area contributed by atoms with E-state index in [9.17, 15) is 9.59 Å². The summed E-state index contributed by atoms with van der Waals surface area (Å²) in [5.41, 5.74) is 1.97. The zero-order valence-corrected chi connectivity index (χ0v) is 27.6. The van der Waals surface area contributed by atoms with Gasteiger partial charge in [0.15, 0.2) is 11.5 Å². The lowest BCUT2D eigenvalue weighted by atomic mass is 9.92. The maximum atomic E-state index is 12.5. The molecule has 0 unspecified atom stereocenters. The fourth-order valence-electron chi connectivity index (χ4n) is 4.79. The van der Waals surface area contributed by atoms with Crippen molar-refractivity contribution in [2.75, 3.05) is 18.5 Å². The molecule has 2 aromatic heterocycles. The van der Waals surface area contributed by atoms with Crippen molar-refractivity contribution in [2.24, 2.45) is 0 Å². The van der Waals surface area contributed by atoms with Gasteiger partial charge in [0.25, 0.3) is 0 Å². The number of H-pyrrole nitrogens is 1. The van der Waals surface area contributed by atoms with Gasteiger partial charge in [-0.05, 0) is 24.6 Å². The number of fused-ring (bicyclic) bond motifs is 1. The number of hydrogen-bond donors (Lipinski definition) is 2. The third-order valence-electron chi connectivity index (χ3n) is 7.23. The fraction of sp³-hybridized carbons (Fsp3) is 0.625. The van der Waals surface area contributed by atoms with E-state index >= 15 is 0 Å². The molecular weight excluding hydrogens is 589 g/mol. The third kappa shape index (κ3) is 11.3. The van der Waals surface area contributed by atoms with Gasteiger partial charge in [-0.25, -0.2) is 4.79 Å². The van der Waals surface area contributed by atoms with Crippen molar-refractivity contribution in [3.63, 3.8) is 0 Å². The van der Waals surface area contributed by atoms with Crippen LogP contribution in [-0.4, -0.2) is 45.1 Å². The minimum Gasteiger partial charge on any atom is -0.466 e. The van der Waals surface area contributed by atoms with Gasteiger partial charge in [-0.3, -0.25) is 10.1 Å². The smallest absolute Gasteiger partial charge is 0.411 e. The van der Waals surface area contributed by atoms with Crippen LogP contribution in [0.25, 0.3) is 17.0 Å². The van der Waals surface area contributed by atoms with E-state index in [4.69, 9.17) is 32.7 Å². The quantitative estimate of drug-likeness (QED) is 0.106. The normalized spacial score (nSPS) is 11.7. The van der Waals surface area contributed by atoms with E-state index in [1.54, 1.807) is 18.2 Å². The van der Waals surface area contributed by atoms with Crippen LogP contribution in [-0.2, 0) is 19.7 Å². The van der Waals surface area contributed by atoms with Gasteiger partial charge in [0.05, 0.1) is 24.4 Å². The first-order chi connectivity index (χ1) is 20.6. The number of anilines is 1. The molecule has 0 radical (unpaired) electrons. The van der Waals surface area contributed by atoms with Gasteiger partial charge in [-0.2, -0.15) is 5.10 Å². The van der Waals surface area contributed by atoms with Crippen molar-refractivity contribution in [3.8, 4) is 11.4 Å². The lowest BCUT2D eigenvalue weighted by molar-refractivity contribution is -0.144. The molecular formula is C32H47Cl2N5O4. The summed E-state index contributed by atoms with van der Waals surface area (Å²) < 4.78 is 11.9. The van der Waals surface area contributed by atoms with Crippen LogP contribution in [0.2, 0.25) is 10.0 Å². The van der Waals surface area contributed by atoms with E-state index in [-0.39, 0.29) is 24.4 Å². The molecule has 0 fully saturated rings. The van der Waals surface area contributed by atoms with E-state index in [0.717, 1.165) is 18.5 Å². The number of unbranched alkanes of at least 4 members (excludes halogenated alkanes) is 11. The van der Waals surface area contributed by atoms with Gasteiger partial charge in [0, 0.05) is 16.0 Å².